The van der Waals surface area contributed by atoms with Crippen molar-refractivity contribution in [1.29, 1.82) is 0 Å². The Morgan fingerprint density at radius 3 is 2.28 bits per heavy atom. The quantitative estimate of drug-likeness (QED) is 0.418. The second-order valence-electron chi connectivity index (χ2n) is 7.73. The zero-order valence-electron chi connectivity index (χ0n) is 17.1. The van der Waals surface area contributed by atoms with Gasteiger partial charge in [-0.3, -0.25) is 0 Å². The molecule has 29 heavy (non-hydrogen) atoms. The third kappa shape index (κ3) is 5.03. The Labute approximate surface area is 176 Å². The third-order valence-electron chi connectivity index (χ3n) is 5.12. The fraction of sp³-hybridized carbons (Fsp3) is 0.375. The molecule has 0 amide bonds. The summed E-state index contributed by atoms with van der Waals surface area (Å²) >= 11 is 1.19. The smallest absolute Gasteiger partial charge is 0.349 e. The Kier molecular flexibility index (Phi) is 7.04. The molecule has 0 aromatic heterocycles. The van der Waals surface area contributed by atoms with Crippen LogP contribution in [0.3, 0.4) is 0 Å². The fourth-order valence-electron chi connectivity index (χ4n) is 3.52. The first kappa shape index (κ1) is 21.5. The monoisotopic (exact) mass is 412 g/mol. The molecule has 2 atom stereocenters. The number of aliphatic hydroxyl groups is 1. The summed E-state index contributed by atoms with van der Waals surface area (Å²) in [5.41, 5.74) is 0.594. The van der Waals surface area contributed by atoms with E-state index in [4.69, 9.17) is 9.47 Å². The summed E-state index contributed by atoms with van der Waals surface area (Å²) in [5, 5.41) is 10.9. The molecule has 154 valence electrons. The molecule has 0 saturated heterocycles. The molecule has 2 unspecified atom stereocenters. The maximum Gasteiger partial charge on any atom is 0.349 e. The van der Waals surface area contributed by atoms with Crippen LogP contribution in [0.1, 0.15) is 49.7 Å². The van der Waals surface area contributed by atoms with Crippen molar-refractivity contribution in [2.45, 2.75) is 44.1 Å². The molecule has 3 rings (SSSR count). The Hall–Kier alpha value is -2.24. The maximum absolute atomic E-state index is 13.0. The van der Waals surface area contributed by atoms with Gasteiger partial charge >= 0.3 is 5.97 Å². The van der Waals surface area contributed by atoms with Crippen molar-refractivity contribution in [2.75, 3.05) is 7.11 Å². The van der Waals surface area contributed by atoms with Crippen LogP contribution in [0.15, 0.2) is 71.3 Å². The van der Waals surface area contributed by atoms with Gasteiger partial charge in [-0.25, -0.2) is 4.79 Å². The van der Waals surface area contributed by atoms with Gasteiger partial charge in [0.05, 0.1) is 6.42 Å². The number of carbonyl (C=O) groups is 1. The SMILES string of the molecule is COC(SC1=C(O)CC(CCC(C)C)(c2ccccc2)OC1=O)c1ccccc1. The van der Waals surface area contributed by atoms with Crippen LogP contribution in [0, 0.1) is 5.92 Å². The number of carbonyl (C=O) groups excluding carboxylic acids is 1. The molecule has 1 heterocycles. The fourth-order valence-corrected chi connectivity index (χ4v) is 4.47. The Bertz CT molecular complexity index is 848. The lowest BCUT2D eigenvalue weighted by Gasteiger charge is -2.38. The van der Waals surface area contributed by atoms with E-state index in [1.807, 2.05) is 60.7 Å². The molecular weight excluding hydrogens is 384 g/mol. The van der Waals surface area contributed by atoms with Crippen molar-refractivity contribution >= 4 is 17.7 Å². The van der Waals surface area contributed by atoms with E-state index >= 15 is 0 Å². The molecule has 0 spiro atoms. The van der Waals surface area contributed by atoms with Crippen LogP contribution in [0.2, 0.25) is 0 Å². The molecule has 0 fully saturated rings. The molecular formula is C24H28O4S. The molecule has 0 bridgehead atoms. The molecule has 0 saturated carbocycles. The molecule has 0 radical (unpaired) electrons. The number of esters is 1. The van der Waals surface area contributed by atoms with Crippen molar-refractivity contribution in [3.05, 3.63) is 82.5 Å². The number of rotatable bonds is 8. The van der Waals surface area contributed by atoms with Crippen LogP contribution >= 0.6 is 11.8 Å². The number of methoxy groups -OCH3 is 1. The highest BCUT2D eigenvalue weighted by Crippen LogP contribution is 2.47. The first-order valence-corrected chi connectivity index (χ1v) is 10.8. The van der Waals surface area contributed by atoms with Crippen LogP contribution in [0.5, 0.6) is 0 Å². The summed E-state index contributed by atoms with van der Waals surface area (Å²) in [4.78, 5) is 13.2. The average Bonchev–Trinajstić information content (AvgIpc) is 2.73. The number of aliphatic hydroxyl groups excluding tert-OH is 1. The van der Waals surface area contributed by atoms with Gasteiger partial charge < -0.3 is 14.6 Å². The number of benzene rings is 2. The molecule has 2 aromatic carbocycles. The molecule has 1 N–H and O–H groups in total. The molecule has 1 aliphatic rings. The minimum atomic E-state index is -0.841. The van der Waals surface area contributed by atoms with Gasteiger partial charge in [0.2, 0.25) is 0 Å². The van der Waals surface area contributed by atoms with Crippen LogP contribution in [-0.2, 0) is 19.9 Å². The van der Waals surface area contributed by atoms with Gasteiger partial charge in [0, 0.05) is 7.11 Å². The van der Waals surface area contributed by atoms with Gasteiger partial charge in [-0.05, 0) is 29.9 Å². The van der Waals surface area contributed by atoms with E-state index in [1.54, 1.807) is 7.11 Å². The summed E-state index contributed by atoms with van der Waals surface area (Å²) in [6.45, 7) is 4.28. The number of thioether (sulfide) groups is 1. The zero-order chi connectivity index (χ0) is 20.9. The van der Waals surface area contributed by atoms with Crippen molar-refractivity contribution < 1.29 is 19.4 Å². The van der Waals surface area contributed by atoms with Gasteiger partial charge in [-0.1, -0.05) is 86.3 Å². The highest BCUT2D eigenvalue weighted by molar-refractivity contribution is 8.04. The van der Waals surface area contributed by atoms with Crippen molar-refractivity contribution in [1.82, 2.24) is 0 Å². The van der Waals surface area contributed by atoms with Gasteiger partial charge in [0.15, 0.2) is 0 Å². The Morgan fingerprint density at radius 1 is 1.10 bits per heavy atom. The second kappa shape index (κ2) is 9.51. The lowest BCUT2D eigenvalue weighted by Crippen LogP contribution is -2.38. The molecule has 1 aliphatic heterocycles. The van der Waals surface area contributed by atoms with Gasteiger partial charge in [-0.15, -0.1) is 0 Å². The highest BCUT2D eigenvalue weighted by atomic mass is 32.2. The molecule has 5 heteroatoms. The topological polar surface area (TPSA) is 55.8 Å². The predicted molar refractivity (Wildman–Crippen MR) is 116 cm³/mol. The normalized spacial score (nSPS) is 20.6. The zero-order valence-corrected chi connectivity index (χ0v) is 17.9. The van der Waals surface area contributed by atoms with Crippen molar-refractivity contribution in [3.8, 4) is 0 Å². The second-order valence-corrected chi connectivity index (χ2v) is 8.80. The van der Waals surface area contributed by atoms with Crippen LogP contribution in [-0.4, -0.2) is 18.2 Å². The lowest BCUT2D eigenvalue weighted by molar-refractivity contribution is -0.160. The van der Waals surface area contributed by atoms with Crippen LogP contribution in [0.4, 0.5) is 0 Å². The summed E-state index contributed by atoms with van der Waals surface area (Å²) in [6, 6.07) is 19.3. The number of ether oxygens (including phenoxy) is 2. The number of cyclic esters (lactones) is 1. The van der Waals surface area contributed by atoms with E-state index in [0.717, 1.165) is 17.5 Å². The van der Waals surface area contributed by atoms with E-state index in [2.05, 4.69) is 13.8 Å². The largest absolute Gasteiger partial charge is 0.511 e. The lowest BCUT2D eigenvalue weighted by atomic mass is 9.82. The van der Waals surface area contributed by atoms with E-state index in [0.29, 0.717) is 12.3 Å². The van der Waals surface area contributed by atoms with E-state index < -0.39 is 17.0 Å². The van der Waals surface area contributed by atoms with Crippen LogP contribution in [0.25, 0.3) is 0 Å². The maximum atomic E-state index is 13.0. The first-order valence-electron chi connectivity index (χ1n) is 9.90. The van der Waals surface area contributed by atoms with Crippen LogP contribution < -0.4 is 0 Å². The van der Waals surface area contributed by atoms with Gasteiger partial charge in [0.25, 0.3) is 0 Å². The standard InChI is InChI=1S/C24H28O4S/c1-17(2)14-15-24(19-12-8-5-9-13-19)16-20(25)21(22(26)28-24)29-23(27-3)18-10-6-4-7-11-18/h4-13,17,23,25H,14-16H2,1-3H3. The summed E-state index contributed by atoms with van der Waals surface area (Å²) < 4.78 is 11.6. The summed E-state index contributed by atoms with van der Waals surface area (Å²) in [7, 11) is 1.59. The Balaban J connectivity index is 1.90. The van der Waals surface area contributed by atoms with Gasteiger partial charge in [0.1, 0.15) is 21.7 Å². The Morgan fingerprint density at radius 2 is 1.72 bits per heavy atom. The van der Waals surface area contributed by atoms with Crippen molar-refractivity contribution in [3.63, 3.8) is 0 Å². The van der Waals surface area contributed by atoms with E-state index in [9.17, 15) is 9.90 Å². The molecule has 0 aliphatic carbocycles. The average molecular weight is 413 g/mol. The minimum Gasteiger partial charge on any atom is -0.511 e. The van der Waals surface area contributed by atoms with Crippen molar-refractivity contribution in [2.24, 2.45) is 5.92 Å². The van der Waals surface area contributed by atoms with E-state index in [-0.39, 0.29) is 17.1 Å². The third-order valence-corrected chi connectivity index (χ3v) is 6.44. The van der Waals surface area contributed by atoms with E-state index in [1.165, 1.54) is 11.8 Å². The highest BCUT2D eigenvalue weighted by Gasteiger charge is 2.44. The predicted octanol–water partition coefficient (Wildman–Crippen LogP) is 6.11. The minimum absolute atomic E-state index is 0.0665. The number of hydrogen-bond acceptors (Lipinski definition) is 5. The molecule has 4 nitrogen and oxygen atoms in total. The number of hydrogen-bond donors (Lipinski definition) is 1. The summed E-state index contributed by atoms with van der Waals surface area (Å²) in [5.74, 6) is 0.0355. The summed E-state index contributed by atoms with van der Waals surface area (Å²) in [6.07, 6.45) is 1.82. The van der Waals surface area contributed by atoms with Gasteiger partial charge in [-0.2, -0.15) is 0 Å². The molecule has 2 aromatic rings. The first-order chi connectivity index (χ1) is 13.9.